The lowest BCUT2D eigenvalue weighted by atomic mass is 10.0. The van der Waals surface area contributed by atoms with Crippen LogP contribution in [0.25, 0.3) is 6.08 Å². The summed E-state index contributed by atoms with van der Waals surface area (Å²) < 4.78 is 5.99. The van der Waals surface area contributed by atoms with Gasteiger partial charge in [0.15, 0.2) is 0 Å². The molecule has 1 saturated heterocycles. The first kappa shape index (κ1) is 25.2. The second kappa shape index (κ2) is 10.8. The Morgan fingerprint density at radius 2 is 1.75 bits per heavy atom. The molecule has 1 N–H and O–H groups in total. The lowest BCUT2D eigenvalue weighted by Gasteiger charge is -2.26. The van der Waals surface area contributed by atoms with Crippen LogP contribution in [-0.4, -0.2) is 17.8 Å². The van der Waals surface area contributed by atoms with Crippen LogP contribution in [0.4, 0.5) is 10.5 Å². The van der Waals surface area contributed by atoms with Gasteiger partial charge in [0.25, 0.3) is 11.8 Å². The summed E-state index contributed by atoms with van der Waals surface area (Å²) in [6.07, 6.45) is 3.70. The fourth-order valence-electron chi connectivity index (χ4n) is 3.67. The molecule has 0 spiro atoms. The first-order chi connectivity index (χ1) is 17.3. The van der Waals surface area contributed by atoms with Crippen LogP contribution in [0.3, 0.4) is 0 Å². The third-order valence-electron chi connectivity index (χ3n) is 5.58. The van der Waals surface area contributed by atoms with Gasteiger partial charge in [-0.15, -0.1) is 6.58 Å². The zero-order chi connectivity index (χ0) is 25.8. The molecule has 0 bridgehead atoms. The van der Waals surface area contributed by atoms with E-state index in [9.17, 15) is 14.4 Å². The summed E-state index contributed by atoms with van der Waals surface area (Å²) in [6, 6.07) is 16.7. The van der Waals surface area contributed by atoms with Gasteiger partial charge in [-0.05, 0) is 78.1 Å². The summed E-state index contributed by atoms with van der Waals surface area (Å²) in [7, 11) is 0. The van der Waals surface area contributed by atoms with E-state index in [2.05, 4.69) is 11.9 Å². The number of hydrogen-bond donors (Lipinski definition) is 1. The molecule has 3 aromatic rings. The Bertz CT molecular complexity index is 1400. The Morgan fingerprint density at radius 1 is 1.00 bits per heavy atom. The van der Waals surface area contributed by atoms with E-state index in [1.807, 2.05) is 25.1 Å². The van der Waals surface area contributed by atoms with Crippen molar-refractivity contribution in [3.63, 3.8) is 0 Å². The van der Waals surface area contributed by atoms with Crippen molar-refractivity contribution in [1.29, 1.82) is 0 Å². The molecule has 6 nitrogen and oxygen atoms in total. The summed E-state index contributed by atoms with van der Waals surface area (Å²) in [4.78, 5) is 39.1. The molecule has 8 heteroatoms. The number of ether oxygens (including phenoxy) is 1. The van der Waals surface area contributed by atoms with Crippen LogP contribution in [0.1, 0.15) is 22.3 Å². The van der Waals surface area contributed by atoms with Crippen LogP contribution in [0.15, 0.2) is 78.9 Å². The molecule has 1 aliphatic rings. The predicted molar refractivity (Wildman–Crippen MR) is 141 cm³/mol. The van der Waals surface area contributed by atoms with E-state index < -0.39 is 17.8 Å². The summed E-state index contributed by atoms with van der Waals surface area (Å²) in [6.45, 7) is 5.96. The van der Waals surface area contributed by atoms with Crippen molar-refractivity contribution in [2.24, 2.45) is 0 Å². The highest BCUT2D eigenvalue weighted by molar-refractivity contribution is 6.39. The Hall–Kier alpha value is -3.87. The van der Waals surface area contributed by atoms with Gasteiger partial charge in [-0.1, -0.05) is 53.5 Å². The highest BCUT2D eigenvalue weighted by Crippen LogP contribution is 2.28. The van der Waals surface area contributed by atoms with Crippen molar-refractivity contribution in [3.05, 3.63) is 111 Å². The summed E-state index contributed by atoms with van der Waals surface area (Å²) in [5.74, 6) is -0.859. The third-order valence-corrected chi connectivity index (χ3v) is 6.24. The fraction of sp³-hybridized carbons (Fsp3) is 0.107. The van der Waals surface area contributed by atoms with Gasteiger partial charge in [0.2, 0.25) is 0 Å². The minimum atomic E-state index is -0.833. The molecule has 1 heterocycles. The number of halogens is 2. The minimum absolute atomic E-state index is 0.175. The number of carbonyl (C=O) groups excluding carboxylic acids is 3. The Balaban J connectivity index is 1.62. The second-order valence-electron chi connectivity index (χ2n) is 8.17. The van der Waals surface area contributed by atoms with Crippen LogP contribution in [-0.2, 0) is 22.6 Å². The molecule has 1 aliphatic heterocycles. The number of benzene rings is 3. The van der Waals surface area contributed by atoms with E-state index >= 15 is 0 Å². The van der Waals surface area contributed by atoms with E-state index in [4.69, 9.17) is 27.9 Å². The van der Waals surface area contributed by atoms with Crippen molar-refractivity contribution in [2.45, 2.75) is 20.0 Å². The number of nitrogens with one attached hydrogen (secondary N) is 1. The number of hydrogen-bond acceptors (Lipinski definition) is 4. The molecule has 0 aliphatic carbocycles. The minimum Gasteiger partial charge on any atom is -0.489 e. The van der Waals surface area contributed by atoms with Crippen LogP contribution in [0.5, 0.6) is 5.75 Å². The Kier molecular flexibility index (Phi) is 7.58. The molecule has 0 radical (unpaired) electrons. The molecule has 36 heavy (non-hydrogen) atoms. The van der Waals surface area contributed by atoms with Crippen molar-refractivity contribution in [2.75, 3.05) is 4.90 Å². The lowest BCUT2D eigenvalue weighted by Crippen LogP contribution is -2.54. The monoisotopic (exact) mass is 520 g/mol. The van der Waals surface area contributed by atoms with E-state index in [0.717, 1.165) is 21.6 Å². The zero-order valence-corrected chi connectivity index (χ0v) is 20.9. The molecule has 3 aromatic carbocycles. The number of barbiturate groups is 1. The van der Waals surface area contributed by atoms with Gasteiger partial charge in [0, 0.05) is 10.0 Å². The van der Waals surface area contributed by atoms with Crippen LogP contribution < -0.4 is 15.0 Å². The van der Waals surface area contributed by atoms with Gasteiger partial charge in [0.1, 0.15) is 17.9 Å². The van der Waals surface area contributed by atoms with Crippen molar-refractivity contribution < 1.29 is 19.1 Å². The first-order valence-corrected chi connectivity index (χ1v) is 11.8. The van der Waals surface area contributed by atoms with E-state index in [1.54, 1.807) is 42.5 Å². The van der Waals surface area contributed by atoms with Gasteiger partial charge in [-0.3, -0.25) is 14.9 Å². The second-order valence-corrected chi connectivity index (χ2v) is 9.01. The van der Waals surface area contributed by atoms with Crippen LogP contribution in [0.2, 0.25) is 10.0 Å². The maximum atomic E-state index is 13.2. The van der Waals surface area contributed by atoms with Gasteiger partial charge >= 0.3 is 6.03 Å². The molecule has 0 unspecified atom stereocenters. The molecule has 1 fully saturated rings. The number of amides is 4. The fourth-order valence-corrected chi connectivity index (χ4v) is 3.97. The number of urea groups is 1. The molecule has 0 saturated carbocycles. The molecular formula is C28H22Cl2N2O4. The van der Waals surface area contributed by atoms with Gasteiger partial charge in [-0.25, -0.2) is 9.69 Å². The highest BCUT2D eigenvalue weighted by Gasteiger charge is 2.37. The van der Waals surface area contributed by atoms with E-state index in [0.29, 0.717) is 34.4 Å². The molecular weight excluding hydrogens is 499 g/mol. The van der Waals surface area contributed by atoms with Crippen molar-refractivity contribution >= 4 is 52.8 Å². The summed E-state index contributed by atoms with van der Waals surface area (Å²) in [5.41, 5.74) is 3.27. The quantitative estimate of drug-likeness (QED) is 0.226. The van der Waals surface area contributed by atoms with Gasteiger partial charge in [-0.2, -0.15) is 0 Å². The number of imide groups is 2. The SMILES string of the molecule is C=CCc1cc(/C=C2/C(=O)NC(=O)N(c3ccc(C)c(Cl)c3)C2=O)ccc1OCc1ccc(Cl)cc1. The summed E-state index contributed by atoms with van der Waals surface area (Å²) in [5, 5.41) is 3.27. The largest absolute Gasteiger partial charge is 0.489 e. The smallest absolute Gasteiger partial charge is 0.335 e. The number of nitrogens with zero attached hydrogens (tertiary/aromatic N) is 1. The number of rotatable bonds is 7. The zero-order valence-electron chi connectivity index (χ0n) is 19.4. The summed E-state index contributed by atoms with van der Waals surface area (Å²) >= 11 is 12.1. The van der Waals surface area contributed by atoms with Gasteiger partial charge < -0.3 is 4.74 Å². The Morgan fingerprint density at radius 3 is 2.44 bits per heavy atom. The van der Waals surface area contributed by atoms with Crippen molar-refractivity contribution in [1.82, 2.24) is 5.32 Å². The molecule has 4 amide bonds. The van der Waals surface area contributed by atoms with Crippen LogP contribution in [0, 0.1) is 6.92 Å². The topological polar surface area (TPSA) is 75.7 Å². The maximum Gasteiger partial charge on any atom is 0.335 e. The molecule has 0 aromatic heterocycles. The number of aryl methyl sites for hydroxylation is 1. The van der Waals surface area contributed by atoms with E-state index in [-0.39, 0.29) is 11.3 Å². The molecule has 4 rings (SSSR count). The number of carbonyl (C=O) groups is 3. The van der Waals surface area contributed by atoms with E-state index in [1.165, 1.54) is 12.1 Å². The van der Waals surface area contributed by atoms with Gasteiger partial charge in [0.05, 0.1) is 5.69 Å². The average molecular weight is 521 g/mol. The first-order valence-electron chi connectivity index (χ1n) is 11.1. The highest BCUT2D eigenvalue weighted by atomic mass is 35.5. The normalized spacial score (nSPS) is 14.7. The standard InChI is InChI=1S/C28H22Cl2N2O4/c1-3-4-20-13-19(8-12-25(20)36-16-18-6-9-21(29)10-7-18)14-23-26(33)31-28(35)32(27(23)34)22-11-5-17(2)24(30)15-22/h3,5-15H,1,4,16H2,2H3,(H,31,33,35)/b23-14-. The molecule has 0 atom stereocenters. The number of anilines is 1. The van der Waals surface area contributed by atoms with Crippen LogP contribution >= 0.6 is 23.2 Å². The van der Waals surface area contributed by atoms with Crippen molar-refractivity contribution in [3.8, 4) is 5.75 Å². The number of allylic oxidation sites excluding steroid dienone is 1. The third kappa shape index (κ3) is 5.51. The molecule has 182 valence electrons. The average Bonchev–Trinajstić information content (AvgIpc) is 2.84. The maximum absolute atomic E-state index is 13.2. The predicted octanol–water partition coefficient (Wildman–Crippen LogP) is 6.28. The lowest BCUT2D eigenvalue weighted by molar-refractivity contribution is -0.122. The Labute approximate surface area is 218 Å².